The fourth-order valence-corrected chi connectivity index (χ4v) is 3.47. The first-order valence-corrected chi connectivity index (χ1v) is 7.20. The van der Waals surface area contributed by atoms with Crippen LogP contribution >= 0.6 is 11.3 Å². The van der Waals surface area contributed by atoms with Crippen molar-refractivity contribution in [2.24, 2.45) is 7.05 Å². The quantitative estimate of drug-likeness (QED) is 0.933. The van der Waals surface area contributed by atoms with Crippen LogP contribution in [0, 0.1) is 6.92 Å². The van der Waals surface area contributed by atoms with E-state index in [0.29, 0.717) is 4.88 Å². The Labute approximate surface area is 116 Å². The van der Waals surface area contributed by atoms with E-state index < -0.39 is 5.97 Å². The van der Waals surface area contributed by atoms with E-state index >= 15 is 0 Å². The maximum absolute atomic E-state index is 11.1. The number of aromatic carboxylic acids is 1. The SMILES string of the molecule is CCc1nn(C)c(CC)c1-c1sc(C(=O)O)cc1C. The highest BCUT2D eigenvalue weighted by atomic mass is 32.1. The van der Waals surface area contributed by atoms with E-state index in [9.17, 15) is 4.79 Å². The minimum absolute atomic E-state index is 0.389. The first-order valence-electron chi connectivity index (χ1n) is 6.38. The van der Waals surface area contributed by atoms with Gasteiger partial charge in [0.2, 0.25) is 0 Å². The van der Waals surface area contributed by atoms with Gasteiger partial charge in [0.1, 0.15) is 4.88 Å². The third-order valence-electron chi connectivity index (χ3n) is 3.26. The molecular formula is C14H18N2O2S. The van der Waals surface area contributed by atoms with Crippen LogP contribution in [0.15, 0.2) is 6.07 Å². The smallest absolute Gasteiger partial charge is 0.345 e. The van der Waals surface area contributed by atoms with E-state index in [1.807, 2.05) is 18.7 Å². The molecule has 0 atom stereocenters. The summed E-state index contributed by atoms with van der Waals surface area (Å²) in [5.41, 5.74) is 4.35. The second-order valence-electron chi connectivity index (χ2n) is 4.53. The van der Waals surface area contributed by atoms with Crippen LogP contribution in [0.5, 0.6) is 0 Å². The zero-order valence-electron chi connectivity index (χ0n) is 11.6. The lowest BCUT2D eigenvalue weighted by atomic mass is 10.0. The monoisotopic (exact) mass is 278 g/mol. The molecule has 2 heterocycles. The summed E-state index contributed by atoms with van der Waals surface area (Å²) in [7, 11) is 1.95. The molecule has 5 heteroatoms. The van der Waals surface area contributed by atoms with Crippen molar-refractivity contribution in [1.82, 2.24) is 9.78 Å². The fourth-order valence-electron chi connectivity index (χ4n) is 2.37. The van der Waals surface area contributed by atoms with Crippen LogP contribution < -0.4 is 0 Å². The highest BCUT2D eigenvalue weighted by molar-refractivity contribution is 7.17. The minimum Gasteiger partial charge on any atom is -0.477 e. The normalized spacial score (nSPS) is 10.9. The van der Waals surface area contributed by atoms with Gasteiger partial charge in [0, 0.05) is 23.2 Å². The van der Waals surface area contributed by atoms with Crippen LogP contribution in [0.3, 0.4) is 0 Å². The molecular weight excluding hydrogens is 260 g/mol. The van der Waals surface area contributed by atoms with Crippen LogP contribution in [-0.4, -0.2) is 20.9 Å². The third kappa shape index (κ3) is 2.30. The van der Waals surface area contributed by atoms with Crippen molar-refractivity contribution in [3.63, 3.8) is 0 Å². The highest BCUT2D eigenvalue weighted by Gasteiger charge is 2.20. The number of thiophene rings is 1. The number of rotatable bonds is 4. The number of hydrogen-bond donors (Lipinski definition) is 1. The molecule has 19 heavy (non-hydrogen) atoms. The van der Waals surface area contributed by atoms with Gasteiger partial charge in [-0.15, -0.1) is 11.3 Å². The third-order valence-corrected chi connectivity index (χ3v) is 4.51. The van der Waals surface area contributed by atoms with Crippen molar-refractivity contribution in [2.45, 2.75) is 33.6 Å². The molecule has 2 aromatic heterocycles. The van der Waals surface area contributed by atoms with Crippen molar-refractivity contribution in [1.29, 1.82) is 0 Å². The van der Waals surface area contributed by atoms with Crippen LogP contribution in [0.4, 0.5) is 0 Å². The summed E-state index contributed by atoms with van der Waals surface area (Å²) in [6.07, 6.45) is 1.74. The molecule has 0 saturated carbocycles. The average Bonchev–Trinajstić information content (AvgIpc) is 2.89. The molecule has 0 aromatic carbocycles. The van der Waals surface area contributed by atoms with Crippen molar-refractivity contribution in [3.8, 4) is 10.4 Å². The Balaban J connectivity index is 2.67. The van der Waals surface area contributed by atoms with Crippen molar-refractivity contribution >= 4 is 17.3 Å². The second kappa shape index (κ2) is 5.17. The highest BCUT2D eigenvalue weighted by Crippen LogP contribution is 2.37. The first kappa shape index (κ1) is 13.8. The lowest BCUT2D eigenvalue weighted by Crippen LogP contribution is -1.97. The van der Waals surface area contributed by atoms with E-state index in [1.54, 1.807) is 6.07 Å². The Morgan fingerprint density at radius 3 is 2.58 bits per heavy atom. The number of carbonyl (C=O) groups is 1. The van der Waals surface area contributed by atoms with Gasteiger partial charge in [0.25, 0.3) is 0 Å². The number of carboxylic acid groups (broad SMARTS) is 1. The Hall–Kier alpha value is -1.62. The van der Waals surface area contributed by atoms with Crippen LogP contribution in [0.25, 0.3) is 10.4 Å². The van der Waals surface area contributed by atoms with Crippen LogP contribution in [-0.2, 0) is 19.9 Å². The maximum Gasteiger partial charge on any atom is 0.345 e. The van der Waals surface area contributed by atoms with Crippen molar-refractivity contribution in [2.75, 3.05) is 0 Å². The molecule has 2 aromatic rings. The largest absolute Gasteiger partial charge is 0.477 e. The number of hydrogen-bond acceptors (Lipinski definition) is 3. The van der Waals surface area contributed by atoms with Gasteiger partial charge in [-0.05, 0) is 31.4 Å². The molecule has 0 aliphatic heterocycles. The van der Waals surface area contributed by atoms with Gasteiger partial charge in [0.15, 0.2) is 0 Å². The Morgan fingerprint density at radius 1 is 1.42 bits per heavy atom. The van der Waals surface area contributed by atoms with E-state index in [0.717, 1.165) is 34.5 Å². The summed E-state index contributed by atoms with van der Waals surface area (Å²) in [4.78, 5) is 12.5. The van der Waals surface area contributed by atoms with E-state index in [-0.39, 0.29) is 0 Å². The molecule has 0 radical (unpaired) electrons. The molecule has 0 aliphatic rings. The summed E-state index contributed by atoms with van der Waals surface area (Å²) in [5, 5.41) is 13.7. The second-order valence-corrected chi connectivity index (χ2v) is 5.58. The van der Waals surface area contributed by atoms with Crippen molar-refractivity contribution < 1.29 is 9.90 Å². The van der Waals surface area contributed by atoms with E-state index in [2.05, 4.69) is 18.9 Å². The van der Waals surface area contributed by atoms with Gasteiger partial charge in [-0.1, -0.05) is 13.8 Å². The summed E-state index contributed by atoms with van der Waals surface area (Å²) in [5.74, 6) is -0.862. The van der Waals surface area contributed by atoms with Gasteiger partial charge in [0.05, 0.1) is 5.69 Å². The molecule has 4 nitrogen and oxygen atoms in total. The van der Waals surface area contributed by atoms with Crippen molar-refractivity contribution in [3.05, 3.63) is 27.9 Å². The Morgan fingerprint density at radius 2 is 2.11 bits per heavy atom. The molecule has 0 saturated heterocycles. The zero-order chi connectivity index (χ0) is 14.2. The summed E-state index contributed by atoms with van der Waals surface area (Å²) in [6, 6.07) is 1.74. The number of nitrogens with zero attached hydrogens (tertiary/aromatic N) is 2. The number of aromatic nitrogens is 2. The minimum atomic E-state index is -0.862. The molecule has 102 valence electrons. The molecule has 0 unspecified atom stereocenters. The average molecular weight is 278 g/mol. The summed E-state index contributed by atoms with van der Waals surface area (Å²) >= 11 is 1.34. The maximum atomic E-state index is 11.1. The van der Waals surface area contributed by atoms with Gasteiger partial charge in [-0.2, -0.15) is 5.10 Å². The van der Waals surface area contributed by atoms with Gasteiger partial charge < -0.3 is 5.11 Å². The predicted octanol–water partition coefficient (Wildman–Crippen LogP) is 3.28. The van der Waals surface area contributed by atoms with Gasteiger partial charge in [-0.25, -0.2) is 4.79 Å². The molecule has 0 fully saturated rings. The molecule has 0 spiro atoms. The fraction of sp³-hybridized carbons (Fsp3) is 0.429. The molecule has 2 rings (SSSR count). The van der Waals surface area contributed by atoms with E-state index in [1.165, 1.54) is 17.0 Å². The summed E-state index contributed by atoms with van der Waals surface area (Å²) in [6.45, 7) is 6.14. The predicted molar refractivity (Wildman–Crippen MR) is 77.0 cm³/mol. The van der Waals surface area contributed by atoms with E-state index in [4.69, 9.17) is 5.11 Å². The topological polar surface area (TPSA) is 55.1 Å². The first-order chi connectivity index (χ1) is 8.99. The number of aryl methyl sites for hydroxylation is 3. The lowest BCUT2D eigenvalue weighted by molar-refractivity contribution is 0.0702. The molecule has 0 aliphatic carbocycles. The van der Waals surface area contributed by atoms with Gasteiger partial charge in [-0.3, -0.25) is 4.68 Å². The standard InChI is InChI=1S/C14H18N2O2S/c1-5-9-12(10(6-2)16(4)15-9)13-8(3)7-11(19-13)14(17)18/h7H,5-6H2,1-4H3,(H,17,18). The Kier molecular flexibility index (Phi) is 3.75. The van der Waals surface area contributed by atoms with Crippen LogP contribution in [0.1, 0.15) is 40.5 Å². The molecule has 1 N–H and O–H groups in total. The van der Waals surface area contributed by atoms with Crippen LogP contribution in [0.2, 0.25) is 0 Å². The van der Waals surface area contributed by atoms with Gasteiger partial charge >= 0.3 is 5.97 Å². The lowest BCUT2D eigenvalue weighted by Gasteiger charge is -2.04. The summed E-state index contributed by atoms with van der Waals surface area (Å²) < 4.78 is 1.91. The molecule has 0 amide bonds. The Bertz CT molecular complexity index is 626. The number of carboxylic acids is 1. The molecule has 0 bridgehead atoms. The zero-order valence-corrected chi connectivity index (χ0v) is 12.5.